The van der Waals surface area contributed by atoms with Gasteiger partial charge in [0.05, 0.1) is 25.6 Å². The van der Waals surface area contributed by atoms with Crippen LogP contribution in [0.5, 0.6) is 0 Å². The lowest BCUT2D eigenvalue weighted by Crippen LogP contribution is -2.60. The maximum atomic E-state index is 5.79. The van der Waals surface area contributed by atoms with Gasteiger partial charge in [-0.15, -0.1) is 18.2 Å². The molecule has 96 valence electrons. The number of ether oxygens (including phenoxy) is 3. The topological polar surface area (TPSA) is 27.7 Å². The van der Waals surface area contributed by atoms with Crippen LogP contribution in [-0.2, 0) is 14.2 Å². The predicted octanol–water partition coefficient (Wildman–Crippen LogP) is 2.26. The Bertz CT molecular complexity index is 273. The molecule has 0 aromatic heterocycles. The summed E-state index contributed by atoms with van der Waals surface area (Å²) < 4.78 is 17.4. The Kier molecular flexibility index (Phi) is 4.37. The smallest absolute Gasteiger partial charge is 0.283 e. The lowest BCUT2D eigenvalue weighted by molar-refractivity contribution is -0.468. The molecule has 0 saturated carbocycles. The molecule has 3 aliphatic heterocycles. The van der Waals surface area contributed by atoms with Gasteiger partial charge in [-0.1, -0.05) is 19.3 Å². The molecule has 0 amide bonds. The number of rotatable bonds is 6. The third kappa shape index (κ3) is 2.97. The molecule has 17 heavy (non-hydrogen) atoms. The van der Waals surface area contributed by atoms with Crippen molar-refractivity contribution in [2.45, 2.75) is 32.2 Å². The zero-order chi connectivity index (χ0) is 12.2. The van der Waals surface area contributed by atoms with Crippen molar-refractivity contribution in [3.8, 4) is 12.3 Å². The lowest BCUT2D eigenvalue weighted by Gasteiger charge is -2.52. The van der Waals surface area contributed by atoms with Crippen molar-refractivity contribution >= 4 is 11.8 Å². The normalized spacial score (nSPS) is 35.8. The van der Waals surface area contributed by atoms with Gasteiger partial charge in [0.2, 0.25) is 0 Å². The predicted molar refractivity (Wildman–Crippen MR) is 68.7 cm³/mol. The van der Waals surface area contributed by atoms with Crippen molar-refractivity contribution in [3.05, 3.63) is 0 Å². The summed E-state index contributed by atoms with van der Waals surface area (Å²) in [7, 11) is 0. The second kappa shape index (κ2) is 5.62. The molecule has 0 aliphatic carbocycles. The summed E-state index contributed by atoms with van der Waals surface area (Å²) in [6, 6.07) is 0. The average Bonchev–Trinajstić information content (AvgIpc) is 2.38. The van der Waals surface area contributed by atoms with Crippen LogP contribution in [0.3, 0.4) is 0 Å². The summed E-state index contributed by atoms with van der Waals surface area (Å²) in [5.41, 5.74) is 0.0997. The number of terminal acetylenes is 1. The molecule has 0 aromatic rings. The van der Waals surface area contributed by atoms with E-state index in [2.05, 4.69) is 12.8 Å². The maximum absolute atomic E-state index is 5.79. The third-order valence-corrected chi connectivity index (χ3v) is 4.18. The SMILES string of the molecule is C#CCSCCC12OCC(CCC)(CO1)CO2. The molecule has 0 spiro atoms. The standard InChI is InChI=1S/C13H20O3S/c1-3-5-12-9-14-13(15-10-12,16-11-12)6-8-17-7-4-2/h2H,3,5-11H2,1H3. The van der Waals surface area contributed by atoms with E-state index in [0.29, 0.717) is 0 Å². The van der Waals surface area contributed by atoms with Crippen LogP contribution in [0.25, 0.3) is 0 Å². The van der Waals surface area contributed by atoms with E-state index >= 15 is 0 Å². The van der Waals surface area contributed by atoms with E-state index < -0.39 is 5.97 Å². The Labute approximate surface area is 108 Å². The number of hydrogen-bond donors (Lipinski definition) is 0. The molecular formula is C13H20O3S. The second-order valence-corrected chi connectivity index (χ2v) is 5.91. The Balaban J connectivity index is 1.80. The fourth-order valence-corrected chi connectivity index (χ4v) is 2.99. The summed E-state index contributed by atoms with van der Waals surface area (Å²) in [6.45, 7) is 4.48. The molecule has 3 heterocycles. The Morgan fingerprint density at radius 1 is 1.18 bits per heavy atom. The molecule has 0 N–H and O–H groups in total. The van der Waals surface area contributed by atoms with E-state index in [1.165, 1.54) is 0 Å². The Morgan fingerprint density at radius 2 is 1.82 bits per heavy atom. The highest BCUT2D eigenvalue weighted by Crippen LogP contribution is 2.42. The molecule has 3 saturated heterocycles. The van der Waals surface area contributed by atoms with Gasteiger partial charge in [-0.3, -0.25) is 0 Å². The highest BCUT2D eigenvalue weighted by molar-refractivity contribution is 7.99. The summed E-state index contributed by atoms with van der Waals surface area (Å²) in [4.78, 5) is 0. The molecule has 4 heteroatoms. The van der Waals surface area contributed by atoms with E-state index in [9.17, 15) is 0 Å². The molecule has 3 fully saturated rings. The van der Waals surface area contributed by atoms with E-state index in [1.54, 1.807) is 11.8 Å². The molecular weight excluding hydrogens is 236 g/mol. The minimum atomic E-state index is -0.781. The van der Waals surface area contributed by atoms with E-state index in [-0.39, 0.29) is 5.41 Å². The Hall–Kier alpha value is -0.210. The quantitative estimate of drug-likeness (QED) is 0.538. The van der Waals surface area contributed by atoms with Crippen molar-refractivity contribution in [2.24, 2.45) is 5.41 Å². The fourth-order valence-electron chi connectivity index (χ4n) is 2.33. The first-order valence-corrected chi connectivity index (χ1v) is 7.33. The highest BCUT2D eigenvalue weighted by atomic mass is 32.2. The van der Waals surface area contributed by atoms with Gasteiger partial charge in [0, 0.05) is 17.6 Å². The largest absolute Gasteiger partial charge is 0.327 e. The average molecular weight is 256 g/mol. The number of hydrogen-bond acceptors (Lipinski definition) is 4. The fraction of sp³-hybridized carbons (Fsp3) is 0.846. The van der Waals surface area contributed by atoms with Crippen molar-refractivity contribution in [1.29, 1.82) is 0 Å². The first-order chi connectivity index (χ1) is 8.24. The summed E-state index contributed by atoms with van der Waals surface area (Å²) >= 11 is 1.71. The minimum Gasteiger partial charge on any atom is -0.327 e. The van der Waals surface area contributed by atoms with Crippen LogP contribution in [-0.4, -0.2) is 37.3 Å². The van der Waals surface area contributed by atoms with Crippen LogP contribution in [0.1, 0.15) is 26.2 Å². The van der Waals surface area contributed by atoms with Crippen LogP contribution in [0, 0.1) is 17.8 Å². The van der Waals surface area contributed by atoms with E-state index in [1.807, 2.05) is 0 Å². The first kappa shape index (κ1) is 13.2. The van der Waals surface area contributed by atoms with Gasteiger partial charge in [0.1, 0.15) is 0 Å². The maximum Gasteiger partial charge on any atom is 0.283 e. The molecule has 2 bridgehead atoms. The zero-order valence-electron chi connectivity index (χ0n) is 10.4. The van der Waals surface area contributed by atoms with Crippen LogP contribution < -0.4 is 0 Å². The number of thioether (sulfide) groups is 1. The van der Waals surface area contributed by atoms with Crippen LogP contribution in [0.4, 0.5) is 0 Å². The third-order valence-electron chi connectivity index (χ3n) is 3.31. The van der Waals surface area contributed by atoms with E-state index in [0.717, 1.165) is 50.6 Å². The van der Waals surface area contributed by atoms with E-state index in [4.69, 9.17) is 20.6 Å². The van der Waals surface area contributed by atoms with Crippen LogP contribution >= 0.6 is 11.8 Å². The monoisotopic (exact) mass is 256 g/mol. The Morgan fingerprint density at radius 3 is 2.35 bits per heavy atom. The molecule has 3 aliphatic rings. The number of fused-ring (bicyclic) bond motifs is 3. The van der Waals surface area contributed by atoms with Gasteiger partial charge in [0.15, 0.2) is 0 Å². The van der Waals surface area contributed by atoms with Crippen molar-refractivity contribution in [3.63, 3.8) is 0 Å². The van der Waals surface area contributed by atoms with Gasteiger partial charge in [-0.05, 0) is 6.42 Å². The molecule has 0 aromatic carbocycles. The van der Waals surface area contributed by atoms with Gasteiger partial charge >= 0.3 is 0 Å². The van der Waals surface area contributed by atoms with Gasteiger partial charge in [-0.25, -0.2) is 0 Å². The zero-order valence-corrected chi connectivity index (χ0v) is 11.2. The molecule has 3 rings (SSSR count). The second-order valence-electron chi connectivity index (χ2n) is 4.81. The first-order valence-electron chi connectivity index (χ1n) is 6.17. The van der Waals surface area contributed by atoms with Crippen molar-refractivity contribution in [1.82, 2.24) is 0 Å². The van der Waals surface area contributed by atoms with Crippen LogP contribution in [0.15, 0.2) is 0 Å². The van der Waals surface area contributed by atoms with Crippen molar-refractivity contribution < 1.29 is 14.2 Å². The van der Waals surface area contributed by atoms with Gasteiger partial charge < -0.3 is 14.2 Å². The van der Waals surface area contributed by atoms with Crippen LogP contribution in [0.2, 0.25) is 0 Å². The summed E-state index contributed by atoms with van der Waals surface area (Å²) in [6.07, 6.45) is 8.20. The highest BCUT2D eigenvalue weighted by Gasteiger charge is 2.51. The summed E-state index contributed by atoms with van der Waals surface area (Å²) in [5.74, 6) is 3.47. The molecule has 0 atom stereocenters. The molecule has 0 radical (unpaired) electrons. The summed E-state index contributed by atoms with van der Waals surface area (Å²) in [5, 5.41) is 0. The molecule has 3 nitrogen and oxygen atoms in total. The molecule has 0 unspecified atom stereocenters. The van der Waals surface area contributed by atoms with Crippen molar-refractivity contribution in [2.75, 3.05) is 31.3 Å². The minimum absolute atomic E-state index is 0.0997. The lowest BCUT2D eigenvalue weighted by atomic mass is 9.84. The van der Waals surface area contributed by atoms with Gasteiger partial charge in [-0.2, -0.15) is 0 Å². The van der Waals surface area contributed by atoms with Gasteiger partial charge in [0.25, 0.3) is 5.97 Å².